The van der Waals surface area contributed by atoms with Crippen LogP contribution in [0.3, 0.4) is 0 Å². The van der Waals surface area contributed by atoms with Gasteiger partial charge in [-0.05, 0) is 49.7 Å². The molecule has 0 saturated carbocycles. The number of likely N-dealkylation sites (tertiary alicyclic amines) is 1. The standard InChI is InChI=1S/C25H28N4O2/c1-26-24(30)25(23-12-5-7-15-28-23)13-8-16-29(19-25)17-20-9-2-3-11-22(20)31-18-21-10-4-6-14-27-21/h2-7,9-12,14-15H,8,13,16-19H2,1H3,(H,26,30). The molecule has 1 aliphatic rings. The third-order valence-electron chi connectivity index (χ3n) is 5.86. The van der Waals surface area contributed by atoms with Gasteiger partial charge in [0, 0.05) is 38.1 Å². The highest BCUT2D eigenvalue weighted by atomic mass is 16.5. The van der Waals surface area contributed by atoms with Gasteiger partial charge in [-0.2, -0.15) is 0 Å². The number of benzene rings is 1. The summed E-state index contributed by atoms with van der Waals surface area (Å²) in [4.78, 5) is 24.2. The first-order chi connectivity index (χ1) is 15.2. The Morgan fingerprint density at radius 1 is 1.06 bits per heavy atom. The summed E-state index contributed by atoms with van der Waals surface area (Å²) in [5.74, 6) is 0.873. The van der Waals surface area contributed by atoms with E-state index in [-0.39, 0.29) is 5.91 Å². The molecule has 1 N–H and O–H groups in total. The van der Waals surface area contributed by atoms with E-state index in [0.29, 0.717) is 19.7 Å². The maximum atomic E-state index is 13.0. The number of carbonyl (C=O) groups excluding carboxylic acids is 1. The van der Waals surface area contributed by atoms with Crippen LogP contribution < -0.4 is 10.1 Å². The maximum absolute atomic E-state index is 13.0. The first-order valence-electron chi connectivity index (χ1n) is 10.7. The summed E-state index contributed by atoms with van der Waals surface area (Å²) in [6, 6.07) is 19.7. The van der Waals surface area contributed by atoms with Crippen LogP contribution in [0, 0.1) is 0 Å². The fourth-order valence-electron chi connectivity index (χ4n) is 4.33. The molecule has 3 heterocycles. The third kappa shape index (κ3) is 4.75. The Hall–Kier alpha value is -3.25. The molecule has 1 saturated heterocycles. The molecule has 0 bridgehead atoms. The molecule has 0 radical (unpaired) electrons. The van der Waals surface area contributed by atoms with Crippen LogP contribution in [0.25, 0.3) is 0 Å². The second kappa shape index (κ2) is 9.71. The van der Waals surface area contributed by atoms with Crippen LogP contribution in [-0.2, 0) is 23.4 Å². The van der Waals surface area contributed by atoms with Crippen molar-refractivity contribution in [1.82, 2.24) is 20.2 Å². The summed E-state index contributed by atoms with van der Waals surface area (Å²) in [6.45, 7) is 2.69. The molecule has 0 aliphatic carbocycles. The number of hydrogen-bond acceptors (Lipinski definition) is 5. The summed E-state index contributed by atoms with van der Waals surface area (Å²) in [5.41, 5.74) is 2.19. The van der Waals surface area contributed by atoms with Crippen molar-refractivity contribution in [3.63, 3.8) is 0 Å². The fourth-order valence-corrected chi connectivity index (χ4v) is 4.33. The van der Waals surface area contributed by atoms with E-state index in [1.165, 1.54) is 0 Å². The lowest BCUT2D eigenvalue weighted by Gasteiger charge is -2.41. The quantitative estimate of drug-likeness (QED) is 0.640. The molecule has 3 aromatic rings. The van der Waals surface area contributed by atoms with E-state index in [0.717, 1.165) is 42.1 Å². The molecule has 6 nitrogen and oxygen atoms in total. The monoisotopic (exact) mass is 416 g/mol. The SMILES string of the molecule is CNC(=O)C1(c2ccccn2)CCCN(Cc2ccccc2OCc2ccccn2)C1. The first-order valence-corrected chi connectivity index (χ1v) is 10.7. The van der Waals surface area contributed by atoms with Gasteiger partial charge >= 0.3 is 0 Å². The molecular formula is C25H28N4O2. The number of aromatic nitrogens is 2. The molecule has 0 spiro atoms. The lowest BCUT2D eigenvalue weighted by molar-refractivity contribution is -0.128. The number of nitrogens with zero attached hydrogens (tertiary/aromatic N) is 3. The molecule has 1 fully saturated rings. The lowest BCUT2D eigenvalue weighted by Crippen LogP contribution is -2.54. The van der Waals surface area contributed by atoms with E-state index < -0.39 is 5.41 Å². The minimum absolute atomic E-state index is 0.0237. The summed E-state index contributed by atoms with van der Waals surface area (Å²) in [5, 5.41) is 2.87. The third-order valence-corrected chi connectivity index (χ3v) is 5.86. The number of amides is 1. The topological polar surface area (TPSA) is 67.4 Å². The van der Waals surface area contributed by atoms with Gasteiger partial charge in [0.2, 0.25) is 5.91 Å². The van der Waals surface area contributed by atoms with Gasteiger partial charge in [-0.25, -0.2) is 0 Å². The Morgan fingerprint density at radius 3 is 2.58 bits per heavy atom. The average Bonchev–Trinajstić information content (AvgIpc) is 2.84. The molecule has 160 valence electrons. The van der Waals surface area contributed by atoms with Crippen LogP contribution in [0.15, 0.2) is 73.1 Å². The van der Waals surface area contributed by atoms with Crippen LogP contribution in [0.2, 0.25) is 0 Å². The van der Waals surface area contributed by atoms with Crippen molar-refractivity contribution < 1.29 is 9.53 Å². The molecule has 1 aliphatic heterocycles. The van der Waals surface area contributed by atoms with Crippen LogP contribution in [0.5, 0.6) is 5.75 Å². The van der Waals surface area contributed by atoms with Gasteiger partial charge in [0.1, 0.15) is 17.8 Å². The summed E-state index contributed by atoms with van der Waals surface area (Å²) in [7, 11) is 1.70. The number of likely N-dealkylation sites (N-methyl/N-ethyl adjacent to an activating group) is 1. The van der Waals surface area contributed by atoms with E-state index in [1.807, 2.05) is 54.6 Å². The van der Waals surface area contributed by atoms with Crippen LogP contribution >= 0.6 is 0 Å². The van der Waals surface area contributed by atoms with Crippen molar-refractivity contribution in [3.05, 3.63) is 90.0 Å². The Labute approximate surface area is 183 Å². The normalized spacial score (nSPS) is 19.0. The molecule has 1 atom stereocenters. The van der Waals surface area contributed by atoms with Gasteiger partial charge in [0.25, 0.3) is 0 Å². The van der Waals surface area contributed by atoms with Gasteiger partial charge in [0.15, 0.2) is 0 Å². The van der Waals surface area contributed by atoms with E-state index in [9.17, 15) is 4.79 Å². The van der Waals surface area contributed by atoms with E-state index >= 15 is 0 Å². The molecule has 4 rings (SSSR count). The van der Waals surface area contributed by atoms with Crippen molar-refractivity contribution in [1.29, 1.82) is 0 Å². The van der Waals surface area contributed by atoms with Crippen LogP contribution in [0.4, 0.5) is 0 Å². The second-order valence-corrected chi connectivity index (χ2v) is 7.91. The Morgan fingerprint density at radius 2 is 1.84 bits per heavy atom. The average molecular weight is 417 g/mol. The number of rotatable bonds is 7. The number of nitrogens with one attached hydrogen (secondary N) is 1. The van der Waals surface area contributed by atoms with Crippen molar-refractivity contribution in [2.45, 2.75) is 31.4 Å². The molecule has 6 heteroatoms. The zero-order valence-corrected chi connectivity index (χ0v) is 17.8. The minimum Gasteiger partial charge on any atom is -0.487 e. The van der Waals surface area contributed by atoms with Crippen LogP contribution in [-0.4, -0.2) is 40.9 Å². The number of piperidine rings is 1. The van der Waals surface area contributed by atoms with Crippen molar-refractivity contribution >= 4 is 5.91 Å². The predicted molar refractivity (Wildman–Crippen MR) is 120 cm³/mol. The zero-order valence-electron chi connectivity index (χ0n) is 17.8. The van der Waals surface area contributed by atoms with Crippen molar-refractivity contribution in [2.24, 2.45) is 0 Å². The molecule has 1 amide bonds. The number of pyridine rings is 2. The molecule has 1 aromatic carbocycles. The smallest absolute Gasteiger partial charge is 0.233 e. The predicted octanol–water partition coefficient (Wildman–Crippen LogP) is 3.34. The van der Waals surface area contributed by atoms with Crippen LogP contribution in [0.1, 0.15) is 29.8 Å². The van der Waals surface area contributed by atoms with Gasteiger partial charge < -0.3 is 10.1 Å². The number of carbonyl (C=O) groups is 1. The highest BCUT2D eigenvalue weighted by Gasteiger charge is 2.44. The van der Waals surface area contributed by atoms with Crippen molar-refractivity contribution in [3.8, 4) is 5.75 Å². The maximum Gasteiger partial charge on any atom is 0.233 e. The van der Waals surface area contributed by atoms with Gasteiger partial charge in [-0.3, -0.25) is 19.7 Å². The Balaban J connectivity index is 1.52. The van der Waals surface area contributed by atoms with E-state index in [2.05, 4.69) is 26.3 Å². The number of para-hydroxylation sites is 1. The minimum atomic E-state index is -0.641. The van der Waals surface area contributed by atoms with E-state index in [1.54, 1.807) is 19.4 Å². The van der Waals surface area contributed by atoms with Gasteiger partial charge in [0.05, 0.1) is 11.4 Å². The van der Waals surface area contributed by atoms with Gasteiger partial charge in [-0.15, -0.1) is 0 Å². The summed E-state index contributed by atoms with van der Waals surface area (Å²) < 4.78 is 6.09. The van der Waals surface area contributed by atoms with Gasteiger partial charge in [-0.1, -0.05) is 30.3 Å². The Bertz CT molecular complexity index is 997. The molecule has 1 unspecified atom stereocenters. The summed E-state index contributed by atoms with van der Waals surface area (Å²) in [6.07, 6.45) is 5.26. The molecule has 2 aromatic heterocycles. The number of hydrogen-bond donors (Lipinski definition) is 1. The molecular weight excluding hydrogens is 388 g/mol. The largest absolute Gasteiger partial charge is 0.487 e. The highest BCUT2D eigenvalue weighted by molar-refractivity contribution is 5.88. The fraction of sp³-hybridized carbons (Fsp3) is 0.320. The zero-order chi connectivity index (χ0) is 21.5. The number of ether oxygens (including phenoxy) is 1. The second-order valence-electron chi connectivity index (χ2n) is 7.91. The van der Waals surface area contributed by atoms with E-state index in [4.69, 9.17) is 4.74 Å². The summed E-state index contributed by atoms with van der Waals surface area (Å²) >= 11 is 0. The van der Waals surface area contributed by atoms with Crippen molar-refractivity contribution in [2.75, 3.05) is 20.1 Å². The first kappa shape index (κ1) is 21.0. The lowest BCUT2D eigenvalue weighted by atomic mass is 9.75. The molecule has 31 heavy (non-hydrogen) atoms. The Kier molecular flexibility index (Phi) is 6.57. The highest BCUT2D eigenvalue weighted by Crippen LogP contribution is 2.34.